The molecule has 0 aromatic heterocycles. The summed E-state index contributed by atoms with van der Waals surface area (Å²) in [6.07, 6.45) is 0. The summed E-state index contributed by atoms with van der Waals surface area (Å²) in [6, 6.07) is 8.27. The molecular weight excluding hydrogens is 355 g/mol. The molecule has 1 amide bonds. The number of methoxy groups -OCH3 is 2. The predicted octanol–water partition coefficient (Wildman–Crippen LogP) is 2.76. The van der Waals surface area contributed by atoms with Crippen LogP contribution in [0.1, 0.15) is 26.3 Å². The largest absolute Gasteiger partial charge is 0.465 e. The Balaban J connectivity index is 2.15. The minimum Gasteiger partial charge on any atom is -0.465 e. The Bertz CT molecular complexity index is 848. The van der Waals surface area contributed by atoms with E-state index in [4.69, 9.17) is 0 Å². The smallest absolute Gasteiger partial charge is 0.337 e. The Morgan fingerprint density at radius 1 is 0.963 bits per heavy atom. The molecule has 0 heterocycles. The van der Waals surface area contributed by atoms with Gasteiger partial charge >= 0.3 is 11.9 Å². The first-order valence-corrected chi connectivity index (χ1v) is 7.95. The van der Waals surface area contributed by atoms with E-state index in [1.807, 2.05) is 0 Å². The van der Waals surface area contributed by atoms with E-state index in [2.05, 4.69) is 20.1 Å². The van der Waals surface area contributed by atoms with Gasteiger partial charge in [0.05, 0.1) is 31.9 Å². The van der Waals surface area contributed by atoms with E-state index in [9.17, 15) is 18.8 Å². The Morgan fingerprint density at radius 2 is 1.56 bits per heavy atom. The van der Waals surface area contributed by atoms with Crippen molar-refractivity contribution >= 4 is 29.2 Å². The third-order valence-electron chi connectivity index (χ3n) is 3.70. The summed E-state index contributed by atoms with van der Waals surface area (Å²) in [5, 5.41) is 5.41. The summed E-state index contributed by atoms with van der Waals surface area (Å²) in [4.78, 5) is 35.7. The van der Waals surface area contributed by atoms with Crippen LogP contribution in [0, 0.1) is 12.7 Å². The van der Waals surface area contributed by atoms with Crippen LogP contribution in [0.5, 0.6) is 0 Å². The molecule has 0 aliphatic rings. The molecular formula is C19H19FN2O5. The number of benzene rings is 2. The molecule has 0 aliphatic carbocycles. The van der Waals surface area contributed by atoms with E-state index in [0.717, 1.165) is 5.56 Å². The fourth-order valence-corrected chi connectivity index (χ4v) is 2.34. The molecule has 7 nitrogen and oxygen atoms in total. The number of esters is 2. The monoisotopic (exact) mass is 374 g/mol. The van der Waals surface area contributed by atoms with Crippen LogP contribution in [-0.4, -0.2) is 38.6 Å². The molecule has 2 N–H and O–H groups in total. The Morgan fingerprint density at radius 3 is 2.11 bits per heavy atom. The van der Waals surface area contributed by atoms with Crippen molar-refractivity contribution in [3.63, 3.8) is 0 Å². The van der Waals surface area contributed by atoms with Gasteiger partial charge in [0.2, 0.25) is 5.91 Å². The second-order valence-corrected chi connectivity index (χ2v) is 5.64. The zero-order chi connectivity index (χ0) is 20.0. The first-order valence-electron chi connectivity index (χ1n) is 7.95. The van der Waals surface area contributed by atoms with Gasteiger partial charge in [-0.3, -0.25) is 4.79 Å². The molecule has 0 aliphatic heterocycles. The SMILES string of the molecule is COC(=O)c1cc(NC(=O)CNc2cc(F)ccc2C)cc(C(=O)OC)c1. The normalized spacial score (nSPS) is 10.1. The Hall–Kier alpha value is -3.42. The van der Waals surface area contributed by atoms with Crippen LogP contribution < -0.4 is 10.6 Å². The Kier molecular flexibility index (Phi) is 6.48. The summed E-state index contributed by atoms with van der Waals surface area (Å²) < 4.78 is 22.6. The van der Waals surface area contributed by atoms with Crippen LogP contribution in [0.3, 0.4) is 0 Å². The highest BCUT2D eigenvalue weighted by Crippen LogP contribution is 2.18. The number of ether oxygens (including phenoxy) is 2. The number of anilines is 2. The molecule has 2 aromatic carbocycles. The van der Waals surface area contributed by atoms with E-state index in [1.54, 1.807) is 13.0 Å². The maximum Gasteiger partial charge on any atom is 0.337 e. The van der Waals surface area contributed by atoms with Crippen molar-refractivity contribution < 1.29 is 28.2 Å². The van der Waals surface area contributed by atoms with E-state index in [-0.39, 0.29) is 23.4 Å². The summed E-state index contributed by atoms with van der Waals surface area (Å²) in [5.74, 6) is -2.19. The first kappa shape index (κ1) is 19.9. The molecule has 0 saturated heterocycles. The molecule has 0 radical (unpaired) electrons. The lowest BCUT2D eigenvalue weighted by atomic mass is 10.1. The van der Waals surface area contributed by atoms with Crippen molar-refractivity contribution in [3.8, 4) is 0 Å². The van der Waals surface area contributed by atoms with Crippen molar-refractivity contribution in [2.24, 2.45) is 0 Å². The van der Waals surface area contributed by atoms with Gasteiger partial charge in [-0.1, -0.05) is 6.07 Å². The average Bonchev–Trinajstić information content (AvgIpc) is 2.67. The third-order valence-corrected chi connectivity index (χ3v) is 3.70. The number of nitrogens with one attached hydrogen (secondary N) is 2. The van der Waals surface area contributed by atoms with Gasteiger partial charge < -0.3 is 20.1 Å². The predicted molar refractivity (Wildman–Crippen MR) is 97.4 cm³/mol. The summed E-state index contributed by atoms with van der Waals surface area (Å²) >= 11 is 0. The lowest BCUT2D eigenvalue weighted by molar-refractivity contribution is -0.114. The molecule has 0 spiro atoms. The van der Waals surface area contributed by atoms with Gasteiger partial charge in [0.15, 0.2) is 0 Å². The van der Waals surface area contributed by atoms with Crippen LogP contribution in [0.25, 0.3) is 0 Å². The summed E-state index contributed by atoms with van der Waals surface area (Å²) in [6.45, 7) is 1.64. The van der Waals surface area contributed by atoms with E-state index >= 15 is 0 Å². The molecule has 27 heavy (non-hydrogen) atoms. The third kappa shape index (κ3) is 5.27. The number of hydrogen-bond donors (Lipinski definition) is 2. The van der Waals surface area contributed by atoms with Gasteiger partial charge in [-0.25, -0.2) is 14.0 Å². The topological polar surface area (TPSA) is 93.7 Å². The number of hydrogen-bond acceptors (Lipinski definition) is 6. The fourth-order valence-electron chi connectivity index (χ4n) is 2.34. The highest BCUT2D eigenvalue weighted by Gasteiger charge is 2.15. The zero-order valence-corrected chi connectivity index (χ0v) is 15.1. The van der Waals surface area contributed by atoms with E-state index in [0.29, 0.717) is 5.69 Å². The number of carbonyl (C=O) groups excluding carboxylic acids is 3. The Labute approximate surface area is 155 Å². The lowest BCUT2D eigenvalue weighted by Gasteiger charge is -2.12. The maximum absolute atomic E-state index is 13.3. The lowest BCUT2D eigenvalue weighted by Crippen LogP contribution is -2.22. The van der Waals surface area contributed by atoms with Crippen molar-refractivity contribution in [3.05, 3.63) is 58.9 Å². The molecule has 0 atom stereocenters. The highest BCUT2D eigenvalue weighted by molar-refractivity contribution is 6.00. The molecule has 2 rings (SSSR count). The number of rotatable bonds is 6. The molecule has 0 saturated carbocycles. The van der Waals surface area contributed by atoms with Gasteiger partial charge in [-0.15, -0.1) is 0 Å². The van der Waals surface area contributed by atoms with Crippen molar-refractivity contribution in [2.45, 2.75) is 6.92 Å². The quantitative estimate of drug-likeness (QED) is 0.755. The number of aryl methyl sites for hydroxylation is 1. The number of amides is 1. The van der Waals surface area contributed by atoms with E-state index < -0.39 is 23.7 Å². The minimum atomic E-state index is -0.662. The molecule has 142 valence electrons. The van der Waals surface area contributed by atoms with Gasteiger partial charge in [0, 0.05) is 11.4 Å². The zero-order valence-electron chi connectivity index (χ0n) is 15.1. The number of carbonyl (C=O) groups is 3. The minimum absolute atomic E-state index is 0.0876. The summed E-state index contributed by atoms with van der Waals surface area (Å²) in [5.41, 5.74) is 1.67. The van der Waals surface area contributed by atoms with Crippen LogP contribution in [-0.2, 0) is 14.3 Å². The van der Waals surface area contributed by atoms with Crippen LogP contribution >= 0.6 is 0 Å². The molecule has 0 unspecified atom stereocenters. The van der Waals surface area contributed by atoms with Gasteiger partial charge in [-0.05, 0) is 42.8 Å². The standard InChI is InChI=1S/C19H19FN2O5/c1-11-4-5-14(20)9-16(11)21-10-17(23)22-15-7-12(18(24)26-2)6-13(8-15)19(25)27-3/h4-9,21H,10H2,1-3H3,(H,22,23). The molecule has 2 aromatic rings. The van der Waals surface area contributed by atoms with Crippen molar-refractivity contribution in [2.75, 3.05) is 31.4 Å². The van der Waals surface area contributed by atoms with Crippen LogP contribution in [0.2, 0.25) is 0 Å². The van der Waals surface area contributed by atoms with E-state index in [1.165, 1.54) is 44.6 Å². The maximum atomic E-state index is 13.3. The van der Waals surface area contributed by atoms with Gasteiger partial charge in [-0.2, -0.15) is 0 Å². The van der Waals surface area contributed by atoms with Crippen molar-refractivity contribution in [1.82, 2.24) is 0 Å². The van der Waals surface area contributed by atoms with Crippen LogP contribution in [0.4, 0.5) is 15.8 Å². The number of halogens is 1. The fraction of sp³-hybridized carbons (Fsp3) is 0.211. The molecule has 8 heteroatoms. The van der Waals surface area contributed by atoms with Crippen LogP contribution in [0.15, 0.2) is 36.4 Å². The highest BCUT2D eigenvalue weighted by atomic mass is 19.1. The summed E-state index contributed by atoms with van der Waals surface area (Å²) in [7, 11) is 2.41. The second kappa shape index (κ2) is 8.79. The average molecular weight is 374 g/mol. The first-order chi connectivity index (χ1) is 12.8. The van der Waals surface area contributed by atoms with Gasteiger partial charge in [0.1, 0.15) is 5.82 Å². The molecule has 0 bridgehead atoms. The van der Waals surface area contributed by atoms with Gasteiger partial charge in [0.25, 0.3) is 0 Å². The second-order valence-electron chi connectivity index (χ2n) is 5.64. The van der Waals surface area contributed by atoms with Crippen molar-refractivity contribution in [1.29, 1.82) is 0 Å². The molecule has 0 fully saturated rings.